The van der Waals surface area contributed by atoms with Crippen molar-refractivity contribution in [3.63, 3.8) is 0 Å². The Morgan fingerprint density at radius 3 is 2.67 bits per heavy atom. The highest BCUT2D eigenvalue weighted by molar-refractivity contribution is 6.32. The van der Waals surface area contributed by atoms with Gasteiger partial charge in [0.1, 0.15) is 5.75 Å². The molecular formula is C9H8ClF2NO2. The minimum atomic E-state index is -2.92. The highest BCUT2D eigenvalue weighted by atomic mass is 35.5. The Morgan fingerprint density at radius 2 is 2.20 bits per heavy atom. The number of hydrogen-bond acceptors (Lipinski definition) is 2. The molecule has 0 aliphatic rings. The lowest BCUT2D eigenvalue weighted by Crippen LogP contribution is -2.06. The number of benzene rings is 1. The maximum atomic E-state index is 11.9. The summed E-state index contributed by atoms with van der Waals surface area (Å²) in [6, 6.07) is 4.02. The summed E-state index contributed by atoms with van der Waals surface area (Å²) in [7, 11) is 0. The van der Waals surface area contributed by atoms with E-state index in [0.717, 1.165) is 0 Å². The van der Waals surface area contributed by atoms with Gasteiger partial charge in [-0.3, -0.25) is 4.79 Å². The average molecular weight is 236 g/mol. The Kier molecular flexibility index (Phi) is 3.85. The standard InChI is InChI=1S/C9H8ClF2NO2/c1-5(14)13-6-2-3-8(7(10)4-6)15-9(11)12/h2-4,9H,1H3,(H,13,14). The highest BCUT2D eigenvalue weighted by Crippen LogP contribution is 2.28. The molecule has 0 atom stereocenters. The molecular weight excluding hydrogens is 228 g/mol. The molecule has 1 N–H and O–H groups in total. The largest absolute Gasteiger partial charge is 0.433 e. The second-order valence-corrected chi connectivity index (χ2v) is 3.11. The van der Waals surface area contributed by atoms with E-state index in [4.69, 9.17) is 11.6 Å². The van der Waals surface area contributed by atoms with Gasteiger partial charge in [0.25, 0.3) is 0 Å². The Balaban J connectivity index is 2.83. The van der Waals surface area contributed by atoms with Crippen LogP contribution in [0.25, 0.3) is 0 Å². The lowest BCUT2D eigenvalue weighted by Gasteiger charge is -2.08. The van der Waals surface area contributed by atoms with Gasteiger partial charge in [0.2, 0.25) is 5.91 Å². The molecule has 1 aromatic rings. The minimum absolute atomic E-state index is 0.0153. The number of amides is 1. The average Bonchev–Trinajstić information content (AvgIpc) is 2.08. The third kappa shape index (κ3) is 3.71. The Bertz CT molecular complexity index is 371. The molecule has 6 heteroatoms. The maximum Gasteiger partial charge on any atom is 0.387 e. The third-order valence-electron chi connectivity index (χ3n) is 1.47. The van der Waals surface area contributed by atoms with Crippen molar-refractivity contribution in [2.75, 3.05) is 5.32 Å². The maximum absolute atomic E-state index is 11.9. The smallest absolute Gasteiger partial charge is 0.387 e. The van der Waals surface area contributed by atoms with E-state index in [2.05, 4.69) is 10.1 Å². The summed E-state index contributed by atoms with van der Waals surface area (Å²) in [5.41, 5.74) is 0.425. The summed E-state index contributed by atoms with van der Waals surface area (Å²) in [6.45, 7) is -1.59. The molecule has 0 aromatic heterocycles. The van der Waals surface area contributed by atoms with Gasteiger partial charge in [-0.2, -0.15) is 8.78 Å². The molecule has 1 amide bonds. The molecule has 0 spiro atoms. The quantitative estimate of drug-likeness (QED) is 0.875. The molecule has 1 aromatic carbocycles. The number of anilines is 1. The highest BCUT2D eigenvalue weighted by Gasteiger charge is 2.09. The third-order valence-corrected chi connectivity index (χ3v) is 1.76. The van der Waals surface area contributed by atoms with E-state index in [-0.39, 0.29) is 16.7 Å². The van der Waals surface area contributed by atoms with Crippen LogP contribution in [0.3, 0.4) is 0 Å². The van der Waals surface area contributed by atoms with Crippen molar-refractivity contribution in [3.05, 3.63) is 23.2 Å². The van der Waals surface area contributed by atoms with Gasteiger partial charge in [0.05, 0.1) is 5.02 Å². The predicted octanol–water partition coefficient (Wildman–Crippen LogP) is 2.90. The minimum Gasteiger partial charge on any atom is -0.433 e. The first-order chi connectivity index (χ1) is 6.99. The molecule has 0 aliphatic carbocycles. The molecule has 15 heavy (non-hydrogen) atoms. The van der Waals surface area contributed by atoms with Crippen LogP contribution in [0.1, 0.15) is 6.92 Å². The first-order valence-corrected chi connectivity index (χ1v) is 4.39. The topological polar surface area (TPSA) is 38.3 Å². The van der Waals surface area contributed by atoms with Crippen LogP contribution in [0.5, 0.6) is 5.75 Å². The number of ether oxygens (including phenoxy) is 1. The van der Waals surface area contributed by atoms with Gasteiger partial charge >= 0.3 is 6.61 Å². The van der Waals surface area contributed by atoms with Crippen molar-refractivity contribution in [2.24, 2.45) is 0 Å². The fourth-order valence-electron chi connectivity index (χ4n) is 0.973. The molecule has 0 saturated heterocycles. The van der Waals surface area contributed by atoms with E-state index in [1.807, 2.05) is 0 Å². The van der Waals surface area contributed by atoms with Gasteiger partial charge in [-0.15, -0.1) is 0 Å². The molecule has 0 aliphatic heterocycles. The Morgan fingerprint density at radius 1 is 1.53 bits per heavy atom. The number of rotatable bonds is 3. The van der Waals surface area contributed by atoms with Crippen molar-refractivity contribution >= 4 is 23.2 Å². The number of carbonyl (C=O) groups excluding carboxylic acids is 1. The summed E-state index contributed by atoms with van der Waals surface area (Å²) in [4.78, 5) is 10.7. The first-order valence-electron chi connectivity index (χ1n) is 4.01. The molecule has 0 bridgehead atoms. The summed E-state index contributed by atoms with van der Waals surface area (Å²) in [6.07, 6.45) is 0. The van der Waals surface area contributed by atoms with Crippen molar-refractivity contribution < 1.29 is 18.3 Å². The molecule has 0 fully saturated rings. The van der Waals surface area contributed by atoms with Gasteiger partial charge in [0.15, 0.2) is 0 Å². The molecule has 1 rings (SSSR count). The van der Waals surface area contributed by atoms with E-state index in [1.54, 1.807) is 0 Å². The summed E-state index contributed by atoms with van der Waals surface area (Å²) in [5.74, 6) is -0.394. The van der Waals surface area contributed by atoms with Crippen LogP contribution >= 0.6 is 11.6 Å². The number of halogens is 3. The van der Waals surface area contributed by atoms with Gasteiger partial charge < -0.3 is 10.1 Å². The van der Waals surface area contributed by atoms with Crippen LogP contribution in [0, 0.1) is 0 Å². The zero-order valence-corrected chi connectivity index (χ0v) is 8.52. The van der Waals surface area contributed by atoms with Crippen LogP contribution in [0.4, 0.5) is 14.5 Å². The number of nitrogens with one attached hydrogen (secondary N) is 1. The van der Waals surface area contributed by atoms with E-state index >= 15 is 0 Å². The van der Waals surface area contributed by atoms with Crippen LogP contribution in [-0.4, -0.2) is 12.5 Å². The first kappa shape index (κ1) is 11.7. The number of alkyl halides is 2. The summed E-state index contributed by atoms with van der Waals surface area (Å²) in [5, 5.41) is 2.48. The molecule has 0 heterocycles. The number of carbonyl (C=O) groups is 1. The number of hydrogen-bond donors (Lipinski definition) is 1. The van der Waals surface area contributed by atoms with Crippen molar-refractivity contribution in [1.29, 1.82) is 0 Å². The normalized spacial score (nSPS) is 10.2. The SMILES string of the molecule is CC(=O)Nc1ccc(OC(F)F)c(Cl)c1. The fourth-order valence-corrected chi connectivity index (χ4v) is 1.20. The van der Waals surface area contributed by atoms with E-state index in [9.17, 15) is 13.6 Å². The fraction of sp³-hybridized carbons (Fsp3) is 0.222. The molecule has 0 radical (unpaired) electrons. The summed E-state index contributed by atoms with van der Waals surface area (Å²) >= 11 is 5.65. The van der Waals surface area contributed by atoms with Gasteiger partial charge in [-0.1, -0.05) is 11.6 Å². The zero-order chi connectivity index (χ0) is 11.4. The van der Waals surface area contributed by atoms with E-state index in [0.29, 0.717) is 5.69 Å². The molecule has 0 unspecified atom stereocenters. The van der Waals surface area contributed by atoms with Crippen molar-refractivity contribution in [3.8, 4) is 5.75 Å². The van der Waals surface area contributed by atoms with Gasteiger partial charge in [0, 0.05) is 12.6 Å². The van der Waals surface area contributed by atoms with Gasteiger partial charge in [-0.05, 0) is 18.2 Å². The van der Waals surface area contributed by atoms with E-state index in [1.165, 1.54) is 25.1 Å². The lowest BCUT2D eigenvalue weighted by molar-refractivity contribution is -0.114. The second-order valence-electron chi connectivity index (χ2n) is 2.70. The molecule has 3 nitrogen and oxygen atoms in total. The van der Waals surface area contributed by atoms with Gasteiger partial charge in [-0.25, -0.2) is 0 Å². The molecule has 0 saturated carbocycles. The van der Waals surface area contributed by atoms with Crippen LogP contribution in [0.15, 0.2) is 18.2 Å². The van der Waals surface area contributed by atoms with Crippen molar-refractivity contribution in [2.45, 2.75) is 13.5 Å². The second kappa shape index (κ2) is 4.93. The van der Waals surface area contributed by atoms with Crippen molar-refractivity contribution in [1.82, 2.24) is 0 Å². The van der Waals surface area contributed by atoms with Crippen LogP contribution in [-0.2, 0) is 4.79 Å². The monoisotopic (exact) mass is 235 g/mol. The molecule has 82 valence electrons. The lowest BCUT2D eigenvalue weighted by atomic mass is 10.3. The van der Waals surface area contributed by atoms with E-state index < -0.39 is 6.61 Å². The predicted molar refractivity (Wildman–Crippen MR) is 52.4 cm³/mol. The zero-order valence-electron chi connectivity index (χ0n) is 7.76. The van der Waals surface area contributed by atoms with Crippen LogP contribution in [0.2, 0.25) is 5.02 Å². The Hall–Kier alpha value is -1.36. The van der Waals surface area contributed by atoms with Crippen LogP contribution < -0.4 is 10.1 Å². The Labute approximate surface area is 90.0 Å². The summed E-state index contributed by atoms with van der Waals surface area (Å²) < 4.78 is 27.8.